The Morgan fingerprint density at radius 3 is 2.79 bits per heavy atom. The highest BCUT2D eigenvalue weighted by molar-refractivity contribution is 5.96. The molecular formula is C12H15FO. The average Bonchev–Trinajstić information content (AvgIpc) is 2.17. The summed E-state index contributed by atoms with van der Waals surface area (Å²) in [6.45, 7) is 4.07. The summed E-state index contributed by atoms with van der Waals surface area (Å²) in [6, 6.07) is 5.87. The molecular weight excluding hydrogens is 179 g/mol. The van der Waals surface area contributed by atoms with Crippen LogP contribution in [0.1, 0.15) is 37.0 Å². The van der Waals surface area contributed by atoms with Crippen molar-refractivity contribution in [2.45, 2.75) is 26.7 Å². The third-order valence-corrected chi connectivity index (χ3v) is 2.38. The quantitative estimate of drug-likeness (QED) is 0.671. The Bertz CT molecular complexity index is 320. The summed E-state index contributed by atoms with van der Waals surface area (Å²) in [5.41, 5.74) is 0.477. The molecule has 0 bridgehead atoms. The van der Waals surface area contributed by atoms with Crippen molar-refractivity contribution in [3.8, 4) is 0 Å². The third kappa shape index (κ3) is 2.95. The van der Waals surface area contributed by atoms with Gasteiger partial charge in [0.2, 0.25) is 0 Å². The Hall–Kier alpha value is -1.18. The van der Waals surface area contributed by atoms with Crippen LogP contribution in [0.5, 0.6) is 0 Å². The molecule has 0 saturated carbocycles. The molecule has 0 aliphatic rings. The molecule has 0 N–H and O–H groups in total. The molecule has 1 nitrogen and oxygen atoms in total. The molecule has 0 aliphatic heterocycles. The smallest absolute Gasteiger partial charge is 0.163 e. The molecule has 0 fully saturated rings. The fourth-order valence-corrected chi connectivity index (χ4v) is 1.24. The minimum Gasteiger partial charge on any atom is -0.294 e. The van der Waals surface area contributed by atoms with Gasteiger partial charge in [-0.05, 0) is 18.1 Å². The lowest BCUT2D eigenvalue weighted by atomic mass is 9.98. The second kappa shape index (κ2) is 4.89. The first-order valence-electron chi connectivity index (χ1n) is 4.92. The average molecular weight is 194 g/mol. The van der Waals surface area contributed by atoms with Gasteiger partial charge in [0.05, 0.1) is 0 Å². The third-order valence-electron chi connectivity index (χ3n) is 2.38. The topological polar surface area (TPSA) is 17.1 Å². The maximum absolute atomic E-state index is 12.8. The number of rotatable bonds is 4. The Balaban J connectivity index is 2.70. The lowest BCUT2D eigenvalue weighted by Gasteiger charge is -2.06. The van der Waals surface area contributed by atoms with Crippen LogP contribution in [0, 0.1) is 11.7 Å². The van der Waals surface area contributed by atoms with Gasteiger partial charge in [-0.25, -0.2) is 4.39 Å². The Morgan fingerprint density at radius 1 is 1.50 bits per heavy atom. The summed E-state index contributed by atoms with van der Waals surface area (Å²) >= 11 is 0. The first kappa shape index (κ1) is 10.9. The summed E-state index contributed by atoms with van der Waals surface area (Å²) in [5.74, 6) is 0.0459. The number of hydrogen-bond acceptors (Lipinski definition) is 1. The van der Waals surface area contributed by atoms with Crippen molar-refractivity contribution in [2.24, 2.45) is 5.92 Å². The highest BCUT2D eigenvalue weighted by Gasteiger charge is 2.10. The number of Topliss-reactive ketones (excluding diaryl/α,β-unsaturated/α-hetero) is 1. The molecule has 14 heavy (non-hydrogen) atoms. The van der Waals surface area contributed by atoms with E-state index in [2.05, 4.69) is 0 Å². The number of carbonyl (C=O) groups excluding carboxylic acids is 1. The minimum absolute atomic E-state index is 0.0267. The van der Waals surface area contributed by atoms with Crippen molar-refractivity contribution in [3.05, 3.63) is 35.6 Å². The van der Waals surface area contributed by atoms with Gasteiger partial charge in [0, 0.05) is 12.0 Å². The van der Waals surface area contributed by atoms with E-state index in [0.717, 1.165) is 6.42 Å². The predicted octanol–water partition coefficient (Wildman–Crippen LogP) is 3.44. The zero-order valence-electron chi connectivity index (χ0n) is 8.59. The van der Waals surface area contributed by atoms with Crippen molar-refractivity contribution < 1.29 is 9.18 Å². The van der Waals surface area contributed by atoms with Gasteiger partial charge in [0.1, 0.15) is 5.82 Å². The fraction of sp³-hybridized carbons (Fsp3) is 0.417. The van der Waals surface area contributed by atoms with Gasteiger partial charge in [-0.15, -0.1) is 0 Å². The van der Waals surface area contributed by atoms with E-state index < -0.39 is 0 Å². The van der Waals surface area contributed by atoms with Crippen LogP contribution in [0.2, 0.25) is 0 Å². The number of benzene rings is 1. The van der Waals surface area contributed by atoms with Crippen molar-refractivity contribution in [1.29, 1.82) is 0 Å². The van der Waals surface area contributed by atoms with Crippen LogP contribution in [0.3, 0.4) is 0 Å². The van der Waals surface area contributed by atoms with Gasteiger partial charge in [-0.2, -0.15) is 0 Å². The minimum atomic E-state index is -0.347. The molecule has 1 rings (SSSR count). The molecule has 2 heteroatoms. The summed E-state index contributed by atoms with van der Waals surface area (Å²) < 4.78 is 12.8. The van der Waals surface area contributed by atoms with E-state index in [1.807, 2.05) is 13.8 Å². The van der Waals surface area contributed by atoms with Crippen LogP contribution in [-0.2, 0) is 0 Å². The van der Waals surface area contributed by atoms with E-state index in [0.29, 0.717) is 17.9 Å². The zero-order chi connectivity index (χ0) is 10.6. The molecule has 1 unspecified atom stereocenters. The molecule has 0 amide bonds. The van der Waals surface area contributed by atoms with E-state index in [4.69, 9.17) is 0 Å². The van der Waals surface area contributed by atoms with Gasteiger partial charge in [-0.3, -0.25) is 4.79 Å². The Morgan fingerprint density at radius 2 is 2.21 bits per heavy atom. The van der Waals surface area contributed by atoms with Gasteiger partial charge < -0.3 is 0 Å². The second-order valence-corrected chi connectivity index (χ2v) is 3.65. The van der Waals surface area contributed by atoms with Crippen LogP contribution in [0.15, 0.2) is 24.3 Å². The molecule has 1 aromatic rings. The summed E-state index contributed by atoms with van der Waals surface area (Å²) in [5, 5.41) is 0. The van der Waals surface area contributed by atoms with Gasteiger partial charge in [0.15, 0.2) is 5.78 Å². The second-order valence-electron chi connectivity index (χ2n) is 3.65. The molecule has 0 aliphatic carbocycles. The maximum atomic E-state index is 12.8. The maximum Gasteiger partial charge on any atom is 0.163 e. The molecule has 76 valence electrons. The van der Waals surface area contributed by atoms with Gasteiger partial charge in [0.25, 0.3) is 0 Å². The largest absolute Gasteiger partial charge is 0.294 e. The van der Waals surface area contributed by atoms with E-state index in [9.17, 15) is 9.18 Å². The number of hydrogen-bond donors (Lipinski definition) is 0. The lowest BCUT2D eigenvalue weighted by Crippen LogP contribution is -2.05. The summed E-state index contributed by atoms with van der Waals surface area (Å²) in [7, 11) is 0. The lowest BCUT2D eigenvalue weighted by molar-refractivity contribution is 0.0963. The van der Waals surface area contributed by atoms with E-state index >= 15 is 0 Å². The Kier molecular flexibility index (Phi) is 3.81. The van der Waals surface area contributed by atoms with Crippen molar-refractivity contribution in [3.63, 3.8) is 0 Å². The van der Waals surface area contributed by atoms with Crippen LogP contribution < -0.4 is 0 Å². The normalized spacial score (nSPS) is 12.5. The van der Waals surface area contributed by atoms with Gasteiger partial charge >= 0.3 is 0 Å². The summed E-state index contributed by atoms with van der Waals surface area (Å²) in [4.78, 5) is 11.6. The van der Waals surface area contributed by atoms with E-state index in [1.54, 1.807) is 12.1 Å². The first-order chi connectivity index (χ1) is 6.63. The van der Waals surface area contributed by atoms with Crippen LogP contribution >= 0.6 is 0 Å². The molecule has 0 saturated heterocycles. The number of halogens is 1. The zero-order valence-corrected chi connectivity index (χ0v) is 8.59. The molecule has 1 aromatic carbocycles. The number of ketones is 1. The van der Waals surface area contributed by atoms with Gasteiger partial charge in [-0.1, -0.05) is 32.4 Å². The molecule has 1 atom stereocenters. The Labute approximate surface area is 83.9 Å². The van der Waals surface area contributed by atoms with Crippen molar-refractivity contribution >= 4 is 5.78 Å². The standard InChI is InChI=1S/C12H15FO/c1-3-9(2)7-12(14)10-5-4-6-11(13)8-10/h4-6,8-9H,3,7H2,1-2H3. The number of carbonyl (C=O) groups is 1. The molecule has 0 radical (unpaired) electrons. The molecule has 0 aromatic heterocycles. The molecule has 0 spiro atoms. The highest BCUT2D eigenvalue weighted by atomic mass is 19.1. The van der Waals surface area contributed by atoms with Crippen molar-refractivity contribution in [1.82, 2.24) is 0 Å². The van der Waals surface area contributed by atoms with Crippen LogP contribution in [0.4, 0.5) is 4.39 Å². The SMILES string of the molecule is CCC(C)CC(=O)c1cccc(F)c1. The van der Waals surface area contributed by atoms with Crippen LogP contribution in [-0.4, -0.2) is 5.78 Å². The van der Waals surface area contributed by atoms with E-state index in [-0.39, 0.29) is 11.6 Å². The molecule has 0 heterocycles. The first-order valence-corrected chi connectivity index (χ1v) is 4.92. The predicted molar refractivity (Wildman–Crippen MR) is 54.8 cm³/mol. The summed E-state index contributed by atoms with van der Waals surface area (Å²) in [6.07, 6.45) is 1.47. The fourth-order valence-electron chi connectivity index (χ4n) is 1.24. The van der Waals surface area contributed by atoms with Crippen LogP contribution in [0.25, 0.3) is 0 Å². The van der Waals surface area contributed by atoms with Crippen molar-refractivity contribution in [2.75, 3.05) is 0 Å². The monoisotopic (exact) mass is 194 g/mol. The highest BCUT2D eigenvalue weighted by Crippen LogP contribution is 2.13. The van der Waals surface area contributed by atoms with E-state index in [1.165, 1.54) is 12.1 Å².